The Morgan fingerprint density at radius 1 is 1.07 bits per heavy atom. The number of halogens is 1. The van der Waals surface area contributed by atoms with Crippen LogP contribution in [0.15, 0.2) is 53.4 Å². The standard InChI is InChI=1S/C23H29ClN2O3S/c1-17(2)15-21(18-9-5-3-6-10-18)25-23(27)19-11-12-20(24)22(16-19)30(28,29)26-13-7-4-8-14-26/h3,5-6,9-12,16-17,21H,4,7-8,13-15H2,1-2H3,(H,25,27)/t21-/m1/s1. The fourth-order valence-electron chi connectivity index (χ4n) is 3.76. The lowest BCUT2D eigenvalue weighted by Crippen LogP contribution is -2.36. The van der Waals surface area contributed by atoms with Gasteiger partial charge in [0.05, 0.1) is 11.1 Å². The van der Waals surface area contributed by atoms with Gasteiger partial charge in [-0.2, -0.15) is 4.31 Å². The van der Waals surface area contributed by atoms with Crippen LogP contribution >= 0.6 is 11.6 Å². The third-order valence-electron chi connectivity index (χ3n) is 5.34. The first-order valence-corrected chi connectivity index (χ1v) is 12.3. The van der Waals surface area contributed by atoms with E-state index < -0.39 is 10.0 Å². The van der Waals surface area contributed by atoms with Crippen molar-refractivity contribution in [3.63, 3.8) is 0 Å². The summed E-state index contributed by atoms with van der Waals surface area (Å²) in [4.78, 5) is 13.0. The zero-order chi connectivity index (χ0) is 21.7. The highest BCUT2D eigenvalue weighted by Crippen LogP contribution is 2.28. The fourth-order valence-corrected chi connectivity index (χ4v) is 5.78. The van der Waals surface area contributed by atoms with E-state index in [-0.39, 0.29) is 21.9 Å². The predicted octanol–water partition coefficient (Wildman–Crippen LogP) is 5.03. The number of sulfonamides is 1. The van der Waals surface area contributed by atoms with Crippen LogP contribution < -0.4 is 5.32 Å². The molecule has 0 radical (unpaired) electrons. The molecule has 1 saturated heterocycles. The van der Waals surface area contributed by atoms with Gasteiger partial charge in [-0.1, -0.05) is 62.2 Å². The fraction of sp³-hybridized carbons (Fsp3) is 0.435. The maximum Gasteiger partial charge on any atom is 0.251 e. The Bertz CT molecular complexity index is 971. The molecule has 3 rings (SSSR count). The molecule has 0 spiro atoms. The quantitative estimate of drug-likeness (QED) is 0.645. The van der Waals surface area contributed by atoms with Gasteiger partial charge in [0.2, 0.25) is 10.0 Å². The van der Waals surface area contributed by atoms with E-state index in [9.17, 15) is 13.2 Å². The topological polar surface area (TPSA) is 66.5 Å². The summed E-state index contributed by atoms with van der Waals surface area (Å²) in [5, 5.41) is 3.21. The number of nitrogens with one attached hydrogen (secondary N) is 1. The molecule has 1 amide bonds. The molecule has 162 valence electrons. The minimum absolute atomic E-state index is 0.00108. The summed E-state index contributed by atoms with van der Waals surface area (Å²) in [6.07, 6.45) is 3.48. The van der Waals surface area contributed by atoms with Crippen molar-refractivity contribution < 1.29 is 13.2 Å². The SMILES string of the molecule is CC(C)C[C@@H](NC(=O)c1ccc(Cl)c(S(=O)(=O)N2CCCCC2)c1)c1ccccc1. The van der Waals surface area contributed by atoms with Crippen LogP contribution in [-0.4, -0.2) is 31.7 Å². The van der Waals surface area contributed by atoms with Gasteiger partial charge in [-0.25, -0.2) is 8.42 Å². The summed E-state index contributed by atoms with van der Waals surface area (Å²) in [6, 6.07) is 14.1. The van der Waals surface area contributed by atoms with Gasteiger partial charge in [-0.15, -0.1) is 0 Å². The van der Waals surface area contributed by atoms with Crippen LogP contribution in [-0.2, 0) is 10.0 Å². The molecule has 1 aliphatic heterocycles. The number of carbonyl (C=O) groups is 1. The molecular formula is C23H29ClN2O3S. The van der Waals surface area contributed by atoms with E-state index in [1.165, 1.54) is 16.4 Å². The van der Waals surface area contributed by atoms with Crippen molar-refractivity contribution in [1.82, 2.24) is 9.62 Å². The van der Waals surface area contributed by atoms with Crippen LogP contribution in [0.4, 0.5) is 0 Å². The molecule has 1 N–H and O–H groups in total. The molecule has 1 aliphatic rings. The van der Waals surface area contributed by atoms with Crippen molar-refractivity contribution in [1.29, 1.82) is 0 Å². The van der Waals surface area contributed by atoms with E-state index in [4.69, 9.17) is 11.6 Å². The van der Waals surface area contributed by atoms with E-state index in [1.54, 1.807) is 6.07 Å². The second-order valence-electron chi connectivity index (χ2n) is 8.18. The molecule has 0 saturated carbocycles. The van der Waals surface area contributed by atoms with Gasteiger partial charge in [-0.3, -0.25) is 4.79 Å². The van der Waals surface area contributed by atoms with Gasteiger partial charge in [-0.05, 0) is 48.9 Å². The molecule has 0 bridgehead atoms. The Balaban J connectivity index is 1.86. The molecule has 1 atom stereocenters. The smallest absolute Gasteiger partial charge is 0.251 e. The second-order valence-corrected chi connectivity index (χ2v) is 10.5. The van der Waals surface area contributed by atoms with Crippen LogP contribution in [0, 0.1) is 5.92 Å². The molecule has 30 heavy (non-hydrogen) atoms. The van der Waals surface area contributed by atoms with E-state index in [1.807, 2.05) is 30.3 Å². The van der Waals surface area contributed by atoms with Gasteiger partial charge in [0.15, 0.2) is 0 Å². The second kappa shape index (κ2) is 9.94. The highest BCUT2D eigenvalue weighted by molar-refractivity contribution is 7.89. The Morgan fingerprint density at radius 2 is 1.73 bits per heavy atom. The van der Waals surface area contributed by atoms with Gasteiger partial charge in [0, 0.05) is 18.7 Å². The van der Waals surface area contributed by atoms with Crippen molar-refractivity contribution in [3.8, 4) is 0 Å². The minimum atomic E-state index is -3.73. The predicted molar refractivity (Wildman–Crippen MR) is 120 cm³/mol. The highest BCUT2D eigenvalue weighted by Gasteiger charge is 2.29. The lowest BCUT2D eigenvalue weighted by molar-refractivity contribution is 0.0931. The summed E-state index contributed by atoms with van der Waals surface area (Å²) >= 11 is 6.24. The molecular weight excluding hydrogens is 420 g/mol. The molecule has 0 aromatic heterocycles. The summed E-state index contributed by atoms with van der Waals surface area (Å²) in [6.45, 7) is 5.18. The van der Waals surface area contributed by atoms with Gasteiger partial charge in [0.25, 0.3) is 5.91 Å². The Kier molecular flexibility index (Phi) is 7.55. The van der Waals surface area contributed by atoms with E-state index in [2.05, 4.69) is 19.2 Å². The normalized spacial score (nSPS) is 16.4. The summed E-state index contributed by atoms with van der Waals surface area (Å²) < 4.78 is 27.6. The third kappa shape index (κ3) is 5.42. The summed E-state index contributed by atoms with van der Waals surface area (Å²) in [5.41, 5.74) is 1.31. The van der Waals surface area contributed by atoms with E-state index in [0.717, 1.165) is 31.2 Å². The number of hydrogen-bond donors (Lipinski definition) is 1. The number of carbonyl (C=O) groups excluding carboxylic acids is 1. The first-order valence-electron chi connectivity index (χ1n) is 10.4. The largest absolute Gasteiger partial charge is 0.345 e. The molecule has 7 heteroatoms. The Labute approximate surface area is 184 Å². The van der Waals surface area contributed by atoms with Gasteiger partial charge in [0.1, 0.15) is 4.90 Å². The minimum Gasteiger partial charge on any atom is -0.345 e. The zero-order valence-electron chi connectivity index (χ0n) is 17.5. The monoisotopic (exact) mass is 448 g/mol. The molecule has 2 aromatic rings. The van der Waals surface area contributed by atoms with E-state index in [0.29, 0.717) is 24.6 Å². The Hall–Kier alpha value is -1.89. The van der Waals surface area contributed by atoms with Crippen LogP contribution in [0.3, 0.4) is 0 Å². The average Bonchev–Trinajstić information content (AvgIpc) is 2.74. The van der Waals surface area contributed by atoms with Crippen molar-refractivity contribution in [2.45, 2.75) is 50.5 Å². The van der Waals surface area contributed by atoms with Crippen LogP contribution in [0.5, 0.6) is 0 Å². The number of piperidine rings is 1. The van der Waals surface area contributed by atoms with Crippen LogP contribution in [0.25, 0.3) is 0 Å². The third-order valence-corrected chi connectivity index (χ3v) is 7.72. The average molecular weight is 449 g/mol. The number of nitrogens with zero attached hydrogens (tertiary/aromatic N) is 1. The Morgan fingerprint density at radius 3 is 2.37 bits per heavy atom. The first kappa shape index (κ1) is 22.8. The maximum absolute atomic E-state index is 13.1. The van der Waals surface area contributed by atoms with Gasteiger partial charge < -0.3 is 5.32 Å². The molecule has 1 fully saturated rings. The van der Waals surface area contributed by atoms with Crippen molar-refractivity contribution in [2.75, 3.05) is 13.1 Å². The van der Waals surface area contributed by atoms with Crippen molar-refractivity contribution >= 4 is 27.5 Å². The highest BCUT2D eigenvalue weighted by atomic mass is 35.5. The summed E-state index contributed by atoms with van der Waals surface area (Å²) in [7, 11) is -3.73. The van der Waals surface area contributed by atoms with Crippen molar-refractivity contribution in [3.05, 3.63) is 64.7 Å². The number of hydrogen-bond acceptors (Lipinski definition) is 3. The molecule has 5 nitrogen and oxygen atoms in total. The maximum atomic E-state index is 13.1. The number of amides is 1. The number of rotatable bonds is 7. The lowest BCUT2D eigenvalue weighted by Gasteiger charge is -2.26. The number of benzene rings is 2. The molecule has 0 aliphatic carbocycles. The molecule has 1 heterocycles. The van der Waals surface area contributed by atoms with E-state index >= 15 is 0 Å². The first-order chi connectivity index (χ1) is 14.3. The lowest BCUT2D eigenvalue weighted by atomic mass is 9.96. The van der Waals surface area contributed by atoms with Crippen molar-refractivity contribution in [2.24, 2.45) is 5.92 Å². The summed E-state index contributed by atoms with van der Waals surface area (Å²) in [5.74, 6) is 0.0760. The molecule has 0 unspecified atom stereocenters. The van der Waals surface area contributed by atoms with Crippen LogP contribution in [0.2, 0.25) is 5.02 Å². The van der Waals surface area contributed by atoms with Gasteiger partial charge >= 0.3 is 0 Å². The van der Waals surface area contributed by atoms with Crippen LogP contribution in [0.1, 0.15) is 61.5 Å². The molecule has 2 aromatic carbocycles. The zero-order valence-corrected chi connectivity index (χ0v) is 19.0.